The van der Waals surface area contributed by atoms with E-state index >= 15 is 0 Å². The van der Waals surface area contributed by atoms with Crippen LogP contribution in [0.2, 0.25) is 0 Å². The fourth-order valence-electron chi connectivity index (χ4n) is 4.22. The molecule has 0 aliphatic carbocycles. The number of benzene rings is 2. The lowest BCUT2D eigenvalue weighted by Gasteiger charge is -2.21. The van der Waals surface area contributed by atoms with Gasteiger partial charge in [-0.25, -0.2) is 4.79 Å². The fraction of sp³-hybridized carbons (Fsp3) is 0.500. The zero-order chi connectivity index (χ0) is 25.3. The van der Waals surface area contributed by atoms with Gasteiger partial charge in [-0.05, 0) is 63.4 Å². The molecule has 1 N–H and O–H groups in total. The largest absolute Gasteiger partial charge is 0.491 e. The second kappa shape index (κ2) is 12.8. The number of fused-ring (bicyclic) bond motifs is 1. The van der Waals surface area contributed by atoms with Crippen LogP contribution in [0.5, 0.6) is 5.75 Å². The number of carbonyl (C=O) groups is 1. The zero-order valence-corrected chi connectivity index (χ0v) is 21.8. The summed E-state index contributed by atoms with van der Waals surface area (Å²) in [5, 5.41) is 11.7. The molecule has 0 radical (unpaired) electrons. The first kappa shape index (κ1) is 26.8. The number of hydrogen-bond donors (Lipinski definition) is 1. The van der Waals surface area contributed by atoms with E-state index in [2.05, 4.69) is 19.1 Å². The van der Waals surface area contributed by atoms with Crippen molar-refractivity contribution in [3.05, 3.63) is 65.9 Å². The number of esters is 1. The molecule has 0 saturated heterocycles. The van der Waals surface area contributed by atoms with E-state index in [1.165, 1.54) is 44.1 Å². The Kier molecular flexibility index (Phi) is 9.79. The fourth-order valence-corrected chi connectivity index (χ4v) is 4.22. The molecule has 0 fully saturated rings. The molecule has 0 amide bonds. The van der Waals surface area contributed by atoms with Gasteiger partial charge in [0, 0.05) is 10.9 Å². The molecule has 5 heteroatoms. The number of hydrogen-bond acceptors (Lipinski definition) is 4. The normalized spacial score (nSPS) is 12.6. The molecule has 1 aromatic heterocycles. The van der Waals surface area contributed by atoms with Gasteiger partial charge < -0.3 is 19.1 Å². The summed E-state index contributed by atoms with van der Waals surface area (Å²) in [6.45, 7) is 8.15. The number of aliphatic hydroxyl groups is 1. The number of unbranched alkanes of at least 4 members (excludes halogenated alkanes) is 5. The summed E-state index contributed by atoms with van der Waals surface area (Å²) >= 11 is 0. The van der Waals surface area contributed by atoms with Gasteiger partial charge in [-0.15, -0.1) is 0 Å². The molecule has 1 unspecified atom stereocenters. The van der Waals surface area contributed by atoms with Crippen molar-refractivity contribution in [2.75, 3.05) is 6.61 Å². The molecular weight excluding hydrogens is 438 g/mol. The average molecular weight is 480 g/mol. The van der Waals surface area contributed by atoms with E-state index < -0.39 is 17.7 Å². The van der Waals surface area contributed by atoms with Crippen LogP contribution >= 0.6 is 0 Å². The maximum atomic E-state index is 12.8. The summed E-state index contributed by atoms with van der Waals surface area (Å²) in [5.41, 5.74) is 2.03. The first-order chi connectivity index (χ1) is 16.8. The highest BCUT2D eigenvalue weighted by molar-refractivity contribution is 5.95. The Bertz CT molecular complexity index is 1060. The van der Waals surface area contributed by atoms with E-state index in [1.54, 1.807) is 0 Å². The number of rotatable bonds is 13. The lowest BCUT2D eigenvalue weighted by atomic mass is 10.0. The average Bonchev–Trinajstić information content (AvgIpc) is 3.18. The Morgan fingerprint density at radius 1 is 0.971 bits per heavy atom. The summed E-state index contributed by atoms with van der Waals surface area (Å²) in [4.78, 5) is 12.8. The molecule has 3 rings (SSSR count). The van der Waals surface area contributed by atoms with Crippen molar-refractivity contribution in [1.82, 2.24) is 4.57 Å². The molecule has 3 aromatic rings. The van der Waals surface area contributed by atoms with E-state index in [9.17, 15) is 9.90 Å². The third-order valence-electron chi connectivity index (χ3n) is 6.00. The van der Waals surface area contributed by atoms with Crippen LogP contribution in [0, 0.1) is 0 Å². The lowest BCUT2D eigenvalue weighted by molar-refractivity contribution is 0.00540. The second-order valence-electron chi connectivity index (χ2n) is 10.3. The molecule has 0 aliphatic rings. The third-order valence-corrected chi connectivity index (χ3v) is 6.00. The number of aliphatic hydroxyl groups excluding tert-OH is 1. The number of aryl methyl sites for hydroxylation is 1. The van der Waals surface area contributed by atoms with Gasteiger partial charge in [0.05, 0.1) is 6.54 Å². The molecule has 0 aliphatic heterocycles. The number of nitrogens with zero attached hydrogens (tertiary/aromatic N) is 1. The van der Waals surface area contributed by atoms with Crippen LogP contribution in [0.3, 0.4) is 0 Å². The number of ether oxygens (including phenoxy) is 2. The van der Waals surface area contributed by atoms with Gasteiger partial charge in [0.15, 0.2) is 0 Å². The second-order valence-corrected chi connectivity index (χ2v) is 10.3. The van der Waals surface area contributed by atoms with Crippen LogP contribution in [0.4, 0.5) is 0 Å². The van der Waals surface area contributed by atoms with Crippen LogP contribution in [0.15, 0.2) is 54.6 Å². The Labute approximate surface area is 210 Å². The predicted molar refractivity (Wildman–Crippen MR) is 142 cm³/mol. The smallest absolute Gasteiger partial charge is 0.355 e. The Balaban J connectivity index is 1.56. The number of carbonyl (C=O) groups excluding carboxylic acids is 1. The van der Waals surface area contributed by atoms with Crippen molar-refractivity contribution in [3.8, 4) is 5.75 Å². The van der Waals surface area contributed by atoms with Crippen LogP contribution in [0.25, 0.3) is 10.9 Å². The molecular formula is C30H41NO4. The molecule has 2 aromatic carbocycles. The summed E-state index contributed by atoms with van der Waals surface area (Å²) in [6, 6.07) is 17.7. The highest BCUT2D eigenvalue weighted by atomic mass is 16.6. The van der Waals surface area contributed by atoms with Crippen molar-refractivity contribution < 1.29 is 19.4 Å². The molecule has 1 heterocycles. The first-order valence-electron chi connectivity index (χ1n) is 13.0. The first-order valence-corrected chi connectivity index (χ1v) is 13.0. The maximum Gasteiger partial charge on any atom is 0.355 e. The molecule has 0 saturated carbocycles. The Morgan fingerprint density at radius 3 is 2.37 bits per heavy atom. The van der Waals surface area contributed by atoms with Gasteiger partial charge in [0.1, 0.15) is 29.8 Å². The minimum atomic E-state index is -0.783. The number of aromatic nitrogens is 1. The van der Waals surface area contributed by atoms with Crippen LogP contribution in [0.1, 0.15) is 82.3 Å². The molecule has 1 atom stereocenters. The standard InChI is InChI=1S/C30H41NO4/c1-5-6-7-8-9-10-13-23-16-18-26(19-17-23)34-22-25(32)21-31-27-15-12-11-14-24(27)20-28(31)29(33)35-30(2,3)4/h11-12,14-20,25,32H,5-10,13,21-22H2,1-4H3. The van der Waals surface area contributed by atoms with Gasteiger partial charge >= 0.3 is 5.97 Å². The molecule has 5 nitrogen and oxygen atoms in total. The van der Waals surface area contributed by atoms with Gasteiger partial charge in [-0.3, -0.25) is 0 Å². The highest BCUT2D eigenvalue weighted by Gasteiger charge is 2.23. The quantitative estimate of drug-likeness (QED) is 0.213. The van der Waals surface area contributed by atoms with Crippen molar-refractivity contribution in [1.29, 1.82) is 0 Å². The SMILES string of the molecule is CCCCCCCCc1ccc(OCC(O)Cn2c(C(=O)OC(C)(C)C)cc3ccccc32)cc1. The molecule has 0 bridgehead atoms. The summed E-state index contributed by atoms with van der Waals surface area (Å²) in [6.07, 6.45) is 8.07. The summed E-state index contributed by atoms with van der Waals surface area (Å²) < 4.78 is 13.3. The van der Waals surface area contributed by atoms with Crippen molar-refractivity contribution in [2.24, 2.45) is 0 Å². The van der Waals surface area contributed by atoms with Crippen LogP contribution in [-0.2, 0) is 17.7 Å². The minimum absolute atomic E-state index is 0.136. The lowest BCUT2D eigenvalue weighted by Crippen LogP contribution is -2.28. The van der Waals surface area contributed by atoms with Crippen LogP contribution < -0.4 is 4.74 Å². The van der Waals surface area contributed by atoms with Crippen molar-refractivity contribution in [2.45, 2.75) is 90.9 Å². The van der Waals surface area contributed by atoms with E-state index in [4.69, 9.17) is 9.47 Å². The number of para-hydroxylation sites is 1. The van der Waals surface area contributed by atoms with E-state index in [1.807, 2.05) is 67.8 Å². The third kappa shape index (κ3) is 8.43. The molecule has 190 valence electrons. The van der Waals surface area contributed by atoms with Gasteiger partial charge in [0.2, 0.25) is 0 Å². The maximum absolute atomic E-state index is 12.8. The summed E-state index contributed by atoms with van der Waals surface area (Å²) in [5.74, 6) is 0.336. The Hall–Kier alpha value is -2.79. The van der Waals surface area contributed by atoms with Crippen LogP contribution in [-0.4, -0.2) is 34.0 Å². The highest BCUT2D eigenvalue weighted by Crippen LogP contribution is 2.23. The van der Waals surface area contributed by atoms with E-state index in [0.717, 1.165) is 23.1 Å². The Morgan fingerprint density at radius 2 is 1.66 bits per heavy atom. The van der Waals surface area contributed by atoms with Gasteiger partial charge in [-0.1, -0.05) is 69.4 Å². The van der Waals surface area contributed by atoms with Gasteiger partial charge in [-0.2, -0.15) is 0 Å². The molecule has 35 heavy (non-hydrogen) atoms. The van der Waals surface area contributed by atoms with E-state index in [-0.39, 0.29) is 13.2 Å². The topological polar surface area (TPSA) is 60.7 Å². The van der Waals surface area contributed by atoms with E-state index in [0.29, 0.717) is 5.69 Å². The predicted octanol–water partition coefficient (Wildman–Crippen LogP) is 6.94. The zero-order valence-electron chi connectivity index (χ0n) is 21.8. The molecule has 0 spiro atoms. The minimum Gasteiger partial charge on any atom is -0.491 e. The summed E-state index contributed by atoms with van der Waals surface area (Å²) in [7, 11) is 0. The monoisotopic (exact) mass is 479 g/mol. The van der Waals surface area contributed by atoms with Gasteiger partial charge in [0.25, 0.3) is 0 Å². The van der Waals surface area contributed by atoms with Crippen molar-refractivity contribution >= 4 is 16.9 Å². The van der Waals surface area contributed by atoms with Crippen molar-refractivity contribution in [3.63, 3.8) is 0 Å².